The third kappa shape index (κ3) is 5.18. The fraction of sp³-hybridized carbons (Fsp3) is 0.308. The molecule has 3 amide bonds. The maximum absolute atomic E-state index is 11.5. The number of ether oxygens (including phenoxy) is 1. The van der Waals surface area contributed by atoms with Crippen LogP contribution in [-0.4, -0.2) is 41.7 Å². The predicted octanol–water partition coefficient (Wildman–Crippen LogP) is 0.729. The first kappa shape index (κ1) is 16.6. The molecule has 0 unspecified atom stereocenters. The number of hydrogen-bond donors (Lipinski definition) is 2. The molecule has 0 atom stereocenters. The first-order valence-corrected chi connectivity index (χ1v) is 7.55. The lowest BCUT2D eigenvalue weighted by atomic mass is 10.3. The molecule has 0 aliphatic heterocycles. The first-order valence-electron chi connectivity index (χ1n) is 6.61. The molecule has 23 heavy (non-hydrogen) atoms. The third-order valence-corrected chi connectivity index (χ3v) is 3.32. The van der Waals surface area contributed by atoms with Crippen LogP contribution >= 0.6 is 11.3 Å². The molecule has 0 aromatic carbocycles. The van der Waals surface area contributed by atoms with Crippen LogP contribution in [0.5, 0.6) is 0 Å². The van der Waals surface area contributed by atoms with Crippen molar-refractivity contribution >= 4 is 29.2 Å². The summed E-state index contributed by atoms with van der Waals surface area (Å²) in [4.78, 5) is 37.8. The highest BCUT2D eigenvalue weighted by Gasteiger charge is 2.13. The molecule has 0 aliphatic rings. The van der Waals surface area contributed by atoms with E-state index in [1.54, 1.807) is 0 Å². The van der Waals surface area contributed by atoms with E-state index in [0.29, 0.717) is 11.7 Å². The van der Waals surface area contributed by atoms with Crippen molar-refractivity contribution in [2.75, 3.05) is 13.7 Å². The number of esters is 1. The Kier molecular flexibility index (Phi) is 5.80. The molecule has 2 rings (SSSR count). The first-order chi connectivity index (χ1) is 11.1. The minimum atomic E-state index is -0.713. The van der Waals surface area contributed by atoms with Crippen LogP contribution in [0.25, 0.3) is 11.4 Å². The number of aromatic nitrogens is 2. The van der Waals surface area contributed by atoms with Crippen LogP contribution in [-0.2, 0) is 20.7 Å². The Bertz CT molecular complexity index is 682. The van der Waals surface area contributed by atoms with E-state index in [0.717, 1.165) is 5.56 Å². The summed E-state index contributed by atoms with van der Waals surface area (Å²) < 4.78 is 9.77. The minimum absolute atomic E-state index is 0.0154. The molecule has 2 N–H and O–H groups in total. The Morgan fingerprint density at radius 1 is 1.39 bits per heavy atom. The topological polar surface area (TPSA) is 123 Å². The van der Waals surface area contributed by atoms with Crippen LogP contribution in [0.2, 0.25) is 0 Å². The SMILES string of the molecule is CNC(=O)NC(=O)COC(=O)CCc1nc(-c2ccsc2)no1. The summed E-state index contributed by atoms with van der Waals surface area (Å²) in [5, 5.41) is 11.8. The third-order valence-electron chi connectivity index (χ3n) is 2.63. The number of hydrogen-bond acceptors (Lipinski definition) is 8. The Morgan fingerprint density at radius 3 is 2.91 bits per heavy atom. The smallest absolute Gasteiger partial charge is 0.321 e. The summed E-state index contributed by atoms with van der Waals surface area (Å²) >= 11 is 1.51. The van der Waals surface area contributed by atoms with Crippen molar-refractivity contribution in [1.29, 1.82) is 0 Å². The van der Waals surface area contributed by atoms with Crippen molar-refractivity contribution < 1.29 is 23.6 Å². The second-order valence-electron chi connectivity index (χ2n) is 4.31. The van der Waals surface area contributed by atoms with Gasteiger partial charge in [0.05, 0.1) is 6.42 Å². The number of aryl methyl sites for hydroxylation is 1. The maximum atomic E-state index is 11.5. The molecule has 2 heterocycles. The average molecular weight is 338 g/mol. The van der Waals surface area contributed by atoms with E-state index in [4.69, 9.17) is 9.26 Å². The Hall–Kier alpha value is -2.75. The van der Waals surface area contributed by atoms with Crippen molar-refractivity contribution in [3.05, 3.63) is 22.7 Å². The van der Waals surface area contributed by atoms with Gasteiger partial charge >= 0.3 is 12.0 Å². The zero-order valence-electron chi connectivity index (χ0n) is 12.2. The van der Waals surface area contributed by atoms with Crippen LogP contribution in [0.15, 0.2) is 21.3 Å². The van der Waals surface area contributed by atoms with Crippen molar-refractivity contribution in [3.8, 4) is 11.4 Å². The number of amides is 3. The number of imide groups is 1. The lowest BCUT2D eigenvalue weighted by molar-refractivity contribution is -0.148. The number of thiophene rings is 1. The highest BCUT2D eigenvalue weighted by Crippen LogP contribution is 2.18. The van der Waals surface area contributed by atoms with Gasteiger partial charge in [0.25, 0.3) is 5.91 Å². The molecule has 9 nitrogen and oxygen atoms in total. The van der Waals surface area contributed by atoms with Crippen LogP contribution in [0.4, 0.5) is 4.79 Å². The fourth-order valence-corrected chi connectivity index (χ4v) is 2.15. The summed E-state index contributed by atoms with van der Waals surface area (Å²) in [6, 6.07) is 1.19. The normalized spacial score (nSPS) is 10.1. The molecule has 122 valence electrons. The van der Waals surface area contributed by atoms with Gasteiger partial charge in [0, 0.05) is 24.4 Å². The van der Waals surface area contributed by atoms with E-state index in [1.165, 1.54) is 18.4 Å². The predicted molar refractivity (Wildman–Crippen MR) is 79.5 cm³/mol. The van der Waals surface area contributed by atoms with Crippen LogP contribution < -0.4 is 10.6 Å². The summed E-state index contributed by atoms with van der Waals surface area (Å²) in [6.07, 6.45) is 0.186. The van der Waals surface area contributed by atoms with Gasteiger partial charge in [0.15, 0.2) is 6.61 Å². The van der Waals surface area contributed by atoms with Crippen LogP contribution in [0.3, 0.4) is 0 Å². The number of carbonyl (C=O) groups excluding carboxylic acids is 3. The van der Waals surface area contributed by atoms with Gasteiger partial charge < -0.3 is 14.6 Å². The number of nitrogens with zero attached hydrogens (tertiary/aromatic N) is 2. The van der Waals surface area contributed by atoms with Gasteiger partial charge in [-0.3, -0.25) is 14.9 Å². The van der Waals surface area contributed by atoms with E-state index in [1.807, 2.05) is 22.1 Å². The fourth-order valence-electron chi connectivity index (χ4n) is 1.52. The molecular weight excluding hydrogens is 324 g/mol. The highest BCUT2D eigenvalue weighted by molar-refractivity contribution is 7.08. The number of urea groups is 1. The van der Waals surface area contributed by atoms with E-state index < -0.39 is 24.5 Å². The van der Waals surface area contributed by atoms with E-state index in [-0.39, 0.29) is 12.8 Å². The van der Waals surface area contributed by atoms with Gasteiger partial charge in [-0.25, -0.2) is 4.79 Å². The number of nitrogens with one attached hydrogen (secondary N) is 2. The minimum Gasteiger partial charge on any atom is -0.456 e. The monoisotopic (exact) mass is 338 g/mol. The molecule has 2 aromatic heterocycles. The summed E-state index contributed by atoms with van der Waals surface area (Å²) in [7, 11) is 1.36. The molecule has 0 bridgehead atoms. The second kappa shape index (κ2) is 8.03. The van der Waals surface area contributed by atoms with Crippen molar-refractivity contribution in [2.45, 2.75) is 12.8 Å². The zero-order chi connectivity index (χ0) is 16.7. The average Bonchev–Trinajstić information content (AvgIpc) is 3.21. The molecule has 0 aliphatic carbocycles. The molecule has 0 fully saturated rings. The molecule has 0 saturated heterocycles. The molecule has 10 heteroatoms. The summed E-state index contributed by atoms with van der Waals surface area (Å²) in [5.74, 6) is -0.555. The van der Waals surface area contributed by atoms with E-state index in [2.05, 4.69) is 15.5 Å². The largest absolute Gasteiger partial charge is 0.456 e. The van der Waals surface area contributed by atoms with Gasteiger partial charge in [-0.15, -0.1) is 0 Å². The van der Waals surface area contributed by atoms with Crippen LogP contribution in [0, 0.1) is 0 Å². The Balaban J connectivity index is 1.72. The van der Waals surface area contributed by atoms with E-state index >= 15 is 0 Å². The molecule has 0 spiro atoms. The standard InChI is InChI=1S/C13H14N4O5S/c1-14-13(20)15-9(18)6-21-11(19)3-2-10-16-12(17-22-10)8-4-5-23-7-8/h4-5,7H,2-3,6H2,1H3,(H2,14,15,18,20). The summed E-state index contributed by atoms with van der Waals surface area (Å²) in [5.41, 5.74) is 0.846. The quantitative estimate of drug-likeness (QED) is 0.744. The van der Waals surface area contributed by atoms with Crippen LogP contribution in [0.1, 0.15) is 12.3 Å². The van der Waals surface area contributed by atoms with Gasteiger partial charge in [-0.05, 0) is 11.4 Å². The summed E-state index contributed by atoms with van der Waals surface area (Å²) in [6.45, 7) is -0.532. The Morgan fingerprint density at radius 2 is 2.22 bits per heavy atom. The van der Waals surface area contributed by atoms with E-state index in [9.17, 15) is 14.4 Å². The lowest BCUT2D eigenvalue weighted by Crippen LogP contribution is -2.39. The van der Waals surface area contributed by atoms with Crippen molar-refractivity contribution in [1.82, 2.24) is 20.8 Å². The lowest BCUT2D eigenvalue weighted by Gasteiger charge is -2.04. The number of rotatable bonds is 6. The highest BCUT2D eigenvalue weighted by atomic mass is 32.1. The van der Waals surface area contributed by atoms with Gasteiger partial charge in [0.1, 0.15) is 0 Å². The molecule has 2 aromatic rings. The Labute approximate surface area is 135 Å². The van der Waals surface area contributed by atoms with Crippen molar-refractivity contribution in [2.24, 2.45) is 0 Å². The van der Waals surface area contributed by atoms with Gasteiger partial charge in [-0.2, -0.15) is 16.3 Å². The number of carbonyl (C=O) groups is 3. The molecular formula is C13H14N4O5S. The zero-order valence-corrected chi connectivity index (χ0v) is 13.0. The van der Waals surface area contributed by atoms with Gasteiger partial charge in [-0.1, -0.05) is 5.16 Å². The maximum Gasteiger partial charge on any atom is 0.321 e. The molecule has 0 saturated carbocycles. The van der Waals surface area contributed by atoms with Crippen molar-refractivity contribution in [3.63, 3.8) is 0 Å². The second-order valence-corrected chi connectivity index (χ2v) is 5.09. The van der Waals surface area contributed by atoms with Gasteiger partial charge in [0.2, 0.25) is 11.7 Å². The molecule has 0 radical (unpaired) electrons.